The first-order valence-corrected chi connectivity index (χ1v) is 5.00. The summed E-state index contributed by atoms with van der Waals surface area (Å²) in [5, 5.41) is 0. The van der Waals surface area contributed by atoms with Crippen LogP contribution < -0.4 is 5.73 Å². The number of aromatic nitrogens is 1. The third kappa shape index (κ3) is 4.00. The summed E-state index contributed by atoms with van der Waals surface area (Å²) >= 11 is 0. The maximum atomic E-state index is 6.10. The summed E-state index contributed by atoms with van der Waals surface area (Å²) in [6.07, 6.45) is 1.77. The molecule has 92 valence electrons. The molecule has 2 aromatic rings. The van der Waals surface area contributed by atoms with Crippen LogP contribution in [-0.2, 0) is 0 Å². The lowest BCUT2D eigenvalue weighted by atomic mass is 10.0. The van der Waals surface area contributed by atoms with Crippen molar-refractivity contribution in [3.05, 3.63) is 65.5 Å². The molecule has 0 aliphatic heterocycles. The van der Waals surface area contributed by atoms with Gasteiger partial charge in [0.1, 0.15) is 0 Å². The Bertz CT molecular complexity index is 429. The summed E-state index contributed by atoms with van der Waals surface area (Å²) in [6.45, 7) is 2.07. The summed E-state index contributed by atoms with van der Waals surface area (Å²) in [6, 6.07) is 13.9. The highest BCUT2D eigenvalue weighted by molar-refractivity contribution is 5.85. The molecular formula is C13H16Cl2N2. The highest BCUT2D eigenvalue weighted by Gasteiger charge is 2.08. The van der Waals surface area contributed by atoms with Gasteiger partial charge in [-0.2, -0.15) is 0 Å². The van der Waals surface area contributed by atoms with Crippen molar-refractivity contribution in [1.29, 1.82) is 0 Å². The van der Waals surface area contributed by atoms with E-state index in [-0.39, 0.29) is 30.9 Å². The molecule has 2 N–H and O–H groups in total. The molecule has 1 unspecified atom stereocenters. The van der Waals surface area contributed by atoms with Crippen LogP contribution in [0.5, 0.6) is 0 Å². The molecule has 4 heteroatoms. The van der Waals surface area contributed by atoms with Crippen molar-refractivity contribution < 1.29 is 0 Å². The Balaban J connectivity index is 0.00000128. The van der Waals surface area contributed by atoms with E-state index in [1.807, 2.05) is 18.2 Å². The molecule has 0 radical (unpaired) electrons. The Morgan fingerprint density at radius 3 is 2.18 bits per heavy atom. The molecule has 0 fully saturated rings. The van der Waals surface area contributed by atoms with Crippen molar-refractivity contribution >= 4 is 24.8 Å². The lowest BCUT2D eigenvalue weighted by Gasteiger charge is -2.11. The van der Waals surface area contributed by atoms with Crippen LogP contribution in [0.4, 0.5) is 0 Å². The Morgan fingerprint density at radius 1 is 1.00 bits per heavy atom. The first-order valence-electron chi connectivity index (χ1n) is 5.00. The minimum Gasteiger partial charge on any atom is -0.319 e. The number of rotatable bonds is 2. The van der Waals surface area contributed by atoms with Crippen LogP contribution in [0.3, 0.4) is 0 Å². The van der Waals surface area contributed by atoms with Crippen molar-refractivity contribution in [3.63, 3.8) is 0 Å². The Morgan fingerprint density at radius 2 is 1.65 bits per heavy atom. The predicted molar refractivity (Wildman–Crippen MR) is 75.9 cm³/mol. The number of nitrogens with two attached hydrogens (primary N) is 1. The van der Waals surface area contributed by atoms with E-state index in [4.69, 9.17) is 5.73 Å². The molecule has 1 heterocycles. The molecule has 2 nitrogen and oxygen atoms in total. The van der Waals surface area contributed by atoms with Gasteiger partial charge in [-0.3, -0.25) is 4.98 Å². The van der Waals surface area contributed by atoms with E-state index in [1.165, 1.54) is 5.56 Å². The van der Waals surface area contributed by atoms with Crippen LogP contribution in [0, 0.1) is 6.92 Å². The zero-order chi connectivity index (χ0) is 10.7. The van der Waals surface area contributed by atoms with Crippen LogP contribution in [0.1, 0.15) is 22.9 Å². The molecule has 0 saturated carbocycles. The van der Waals surface area contributed by atoms with Gasteiger partial charge in [0.2, 0.25) is 0 Å². The minimum atomic E-state index is -0.133. The van der Waals surface area contributed by atoms with Crippen molar-refractivity contribution in [2.24, 2.45) is 5.73 Å². The van der Waals surface area contributed by atoms with Gasteiger partial charge in [0, 0.05) is 6.20 Å². The smallest absolute Gasteiger partial charge is 0.0726 e. The van der Waals surface area contributed by atoms with E-state index in [1.54, 1.807) is 6.20 Å². The number of hydrogen-bond acceptors (Lipinski definition) is 2. The maximum Gasteiger partial charge on any atom is 0.0726 e. The zero-order valence-corrected chi connectivity index (χ0v) is 11.2. The van der Waals surface area contributed by atoms with Gasteiger partial charge in [0.15, 0.2) is 0 Å². The predicted octanol–water partition coefficient (Wildman–Crippen LogP) is 3.28. The molecule has 0 spiro atoms. The SMILES string of the molecule is Cc1ccc(C(N)c2ccccn2)cc1.Cl.Cl. The quantitative estimate of drug-likeness (QED) is 0.910. The fourth-order valence-corrected chi connectivity index (χ4v) is 1.50. The van der Waals surface area contributed by atoms with Crippen LogP contribution >= 0.6 is 24.8 Å². The van der Waals surface area contributed by atoms with E-state index in [0.29, 0.717) is 0 Å². The number of aryl methyl sites for hydroxylation is 1. The lowest BCUT2D eigenvalue weighted by Crippen LogP contribution is -2.13. The fraction of sp³-hybridized carbons (Fsp3) is 0.154. The number of hydrogen-bond donors (Lipinski definition) is 1. The average molecular weight is 271 g/mol. The molecule has 2 rings (SSSR count). The summed E-state index contributed by atoms with van der Waals surface area (Å²) in [5.41, 5.74) is 9.35. The zero-order valence-electron chi connectivity index (χ0n) is 9.54. The molecule has 17 heavy (non-hydrogen) atoms. The molecule has 0 bridgehead atoms. The molecule has 1 aromatic heterocycles. The van der Waals surface area contributed by atoms with Crippen LogP contribution in [-0.4, -0.2) is 4.98 Å². The number of halogens is 2. The molecule has 0 saturated heterocycles. The lowest BCUT2D eigenvalue weighted by molar-refractivity contribution is 0.828. The van der Waals surface area contributed by atoms with E-state index < -0.39 is 0 Å². The van der Waals surface area contributed by atoms with E-state index in [0.717, 1.165) is 11.3 Å². The second-order valence-electron chi connectivity index (χ2n) is 3.64. The summed E-state index contributed by atoms with van der Waals surface area (Å²) in [5.74, 6) is 0. The first kappa shape index (κ1) is 15.9. The average Bonchev–Trinajstić information content (AvgIpc) is 2.30. The largest absolute Gasteiger partial charge is 0.319 e. The van der Waals surface area contributed by atoms with Crippen LogP contribution in [0.2, 0.25) is 0 Å². The molecular weight excluding hydrogens is 255 g/mol. The Hall–Kier alpha value is -1.09. The standard InChI is InChI=1S/C13H14N2.2ClH/c1-10-5-7-11(8-6-10)13(14)12-4-2-3-9-15-12;;/h2-9,13H,14H2,1H3;2*1H. The second kappa shape index (κ2) is 7.28. The van der Waals surface area contributed by atoms with E-state index >= 15 is 0 Å². The third-order valence-electron chi connectivity index (χ3n) is 2.44. The summed E-state index contributed by atoms with van der Waals surface area (Å²) < 4.78 is 0. The van der Waals surface area contributed by atoms with Gasteiger partial charge in [0.05, 0.1) is 11.7 Å². The Kier molecular flexibility index (Phi) is 6.81. The van der Waals surface area contributed by atoms with E-state index in [2.05, 4.69) is 36.2 Å². The maximum absolute atomic E-state index is 6.10. The summed E-state index contributed by atoms with van der Waals surface area (Å²) in [7, 11) is 0. The topological polar surface area (TPSA) is 38.9 Å². The Labute approximate surface area is 114 Å². The van der Waals surface area contributed by atoms with Crippen molar-refractivity contribution in [3.8, 4) is 0 Å². The fourth-order valence-electron chi connectivity index (χ4n) is 1.50. The van der Waals surface area contributed by atoms with Gasteiger partial charge >= 0.3 is 0 Å². The van der Waals surface area contributed by atoms with Gasteiger partial charge in [-0.25, -0.2) is 0 Å². The monoisotopic (exact) mass is 270 g/mol. The summed E-state index contributed by atoms with van der Waals surface area (Å²) in [4.78, 5) is 4.25. The minimum absolute atomic E-state index is 0. The molecule has 0 aliphatic rings. The van der Waals surface area contributed by atoms with Gasteiger partial charge < -0.3 is 5.73 Å². The number of pyridine rings is 1. The normalized spacial score (nSPS) is 10.9. The van der Waals surface area contributed by atoms with Gasteiger partial charge in [0.25, 0.3) is 0 Å². The van der Waals surface area contributed by atoms with Crippen LogP contribution in [0.15, 0.2) is 48.7 Å². The van der Waals surface area contributed by atoms with Gasteiger partial charge in [-0.1, -0.05) is 35.9 Å². The van der Waals surface area contributed by atoms with Gasteiger partial charge in [-0.15, -0.1) is 24.8 Å². The first-order chi connectivity index (χ1) is 7.27. The highest BCUT2D eigenvalue weighted by atomic mass is 35.5. The molecule has 1 aromatic carbocycles. The number of benzene rings is 1. The van der Waals surface area contributed by atoms with E-state index in [9.17, 15) is 0 Å². The van der Waals surface area contributed by atoms with Gasteiger partial charge in [-0.05, 0) is 24.6 Å². The van der Waals surface area contributed by atoms with Crippen molar-refractivity contribution in [1.82, 2.24) is 4.98 Å². The highest BCUT2D eigenvalue weighted by Crippen LogP contribution is 2.17. The molecule has 0 aliphatic carbocycles. The number of nitrogens with zero attached hydrogens (tertiary/aromatic N) is 1. The molecule has 0 amide bonds. The molecule has 1 atom stereocenters. The third-order valence-corrected chi connectivity index (χ3v) is 2.44. The van der Waals surface area contributed by atoms with Crippen LogP contribution in [0.25, 0.3) is 0 Å². The van der Waals surface area contributed by atoms with Crippen molar-refractivity contribution in [2.45, 2.75) is 13.0 Å². The van der Waals surface area contributed by atoms with Crippen molar-refractivity contribution in [2.75, 3.05) is 0 Å². The second-order valence-corrected chi connectivity index (χ2v) is 3.64.